The molecule has 0 radical (unpaired) electrons. The van der Waals surface area contributed by atoms with Gasteiger partial charge >= 0.3 is 0 Å². The van der Waals surface area contributed by atoms with Crippen LogP contribution in [0.1, 0.15) is 48.8 Å². The third-order valence-corrected chi connectivity index (χ3v) is 5.03. The molecule has 0 spiro atoms. The maximum Gasteiger partial charge on any atom is 0.130 e. The van der Waals surface area contributed by atoms with Crippen LogP contribution >= 0.6 is 0 Å². The van der Waals surface area contributed by atoms with E-state index < -0.39 is 0 Å². The number of benzene rings is 1. The van der Waals surface area contributed by atoms with Gasteiger partial charge in [-0.15, -0.1) is 0 Å². The summed E-state index contributed by atoms with van der Waals surface area (Å²) in [4.78, 5) is 0. The number of hydrogen-bond donors (Lipinski definition) is 2. The Balaban J connectivity index is 1.83. The molecule has 130 valence electrons. The molecule has 3 heteroatoms. The van der Waals surface area contributed by atoms with Crippen molar-refractivity contribution in [3.63, 3.8) is 0 Å². The molecule has 0 aromatic heterocycles. The molecule has 1 aliphatic heterocycles. The van der Waals surface area contributed by atoms with Crippen LogP contribution < -0.4 is 10.1 Å². The molecule has 1 heterocycles. The van der Waals surface area contributed by atoms with Gasteiger partial charge < -0.3 is 15.2 Å². The summed E-state index contributed by atoms with van der Waals surface area (Å²) in [5.41, 5.74) is 4.87. The first-order valence-electron chi connectivity index (χ1n) is 9.05. The lowest BCUT2D eigenvalue weighted by molar-refractivity contribution is 0.183. The van der Waals surface area contributed by atoms with Gasteiger partial charge in [0.2, 0.25) is 0 Å². The van der Waals surface area contributed by atoms with E-state index in [0.717, 1.165) is 43.2 Å². The van der Waals surface area contributed by atoms with Crippen molar-refractivity contribution in [1.82, 2.24) is 5.32 Å². The van der Waals surface area contributed by atoms with Crippen LogP contribution in [0, 0.1) is 12.8 Å². The van der Waals surface area contributed by atoms with Gasteiger partial charge in [0.05, 0.1) is 0 Å². The van der Waals surface area contributed by atoms with E-state index in [0.29, 0.717) is 5.92 Å². The molecule has 1 aromatic carbocycles. The van der Waals surface area contributed by atoms with E-state index in [1.54, 1.807) is 0 Å². The Labute approximate surface area is 145 Å². The van der Waals surface area contributed by atoms with Gasteiger partial charge in [-0.25, -0.2) is 0 Å². The van der Waals surface area contributed by atoms with Gasteiger partial charge in [-0.3, -0.25) is 0 Å². The van der Waals surface area contributed by atoms with Crippen molar-refractivity contribution in [1.29, 1.82) is 0 Å². The largest absolute Gasteiger partial charge is 0.488 e. The topological polar surface area (TPSA) is 41.5 Å². The van der Waals surface area contributed by atoms with E-state index in [-0.39, 0.29) is 12.7 Å². The van der Waals surface area contributed by atoms with E-state index in [9.17, 15) is 0 Å². The predicted molar refractivity (Wildman–Crippen MR) is 99.5 cm³/mol. The third kappa shape index (κ3) is 3.90. The van der Waals surface area contributed by atoms with Crippen LogP contribution in [0.4, 0.5) is 0 Å². The smallest absolute Gasteiger partial charge is 0.130 e. The van der Waals surface area contributed by atoms with E-state index in [2.05, 4.69) is 43.1 Å². The summed E-state index contributed by atoms with van der Waals surface area (Å²) >= 11 is 0. The molecule has 1 saturated carbocycles. The number of aryl methyl sites for hydroxylation is 1. The highest BCUT2D eigenvalue weighted by atomic mass is 16.5. The Morgan fingerprint density at radius 2 is 2.25 bits per heavy atom. The average molecular weight is 327 g/mol. The van der Waals surface area contributed by atoms with E-state index in [1.807, 2.05) is 6.92 Å². The van der Waals surface area contributed by atoms with Gasteiger partial charge in [0.25, 0.3) is 0 Å². The lowest BCUT2D eigenvalue weighted by atomic mass is 9.99. The summed E-state index contributed by atoms with van der Waals surface area (Å²) in [6.07, 6.45) is 7.62. The van der Waals surface area contributed by atoms with Crippen molar-refractivity contribution in [3.8, 4) is 5.75 Å². The molecule has 2 unspecified atom stereocenters. The molecular weight excluding hydrogens is 298 g/mol. The maximum atomic E-state index is 8.91. The van der Waals surface area contributed by atoms with E-state index in [4.69, 9.17) is 9.84 Å². The molecule has 0 bridgehead atoms. The summed E-state index contributed by atoms with van der Waals surface area (Å²) in [7, 11) is 0. The molecule has 0 saturated heterocycles. The molecule has 24 heavy (non-hydrogen) atoms. The van der Waals surface area contributed by atoms with Crippen LogP contribution in [-0.4, -0.2) is 30.9 Å². The Morgan fingerprint density at radius 3 is 3.00 bits per heavy atom. The molecule has 2 aliphatic rings. The Bertz CT molecular complexity index is 635. The number of aliphatic hydroxyl groups is 1. The molecule has 1 aromatic rings. The second kappa shape index (κ2) is 7.54. The minimum Gasteiger partial charge on any atom is -0.488 e. The number of fused-ring (bicyclic) bond motifs is 3. The minimum absolute atomic E-state index is 0.207. The van der Waals surface area contributed by atoms with Crippen molar-refractivity contribution >= 4 is 6.08 Å². The Kier molecular flexibility index (Phi) is 5.42. The summed E-state index contributed by atoms with van der Waals surface area (Å²) < 4.78 is 6.48. The zero-order valence-electron chi connectivity index (χ0n) is 14.8. The molecule has 3 atom stereocenters. The van der Waals surface area contributed by atoms with Crippen LogP contribution in [0.2, 0.25) is 0 Å². The molecule has 1 aliphatic carbocycles. The Morgan fingerprint density at radius 1 is 1.42 bits per heavy atom. The third-order valence-electron chi connectivity index (χ3n) is 5.03. The van der Waals surface area contributed by atoms with Crippen molar-refractivity contribution in [2.45, 2.75) is 45.1 Å². The van der Waals surface area contributed by atoms with Crippen molar-refractivity contribution in [3.05, 3.63) is 47.1 Å². The average Bonchev–Trinajstić information content (AvgIpc) is 3.30. The normalized spacial score (nSPS) is 24.9. The van der Waals surface area contributed by atoms with Crippen LogP contribution in [0.5, 0.6) is 5.75 Å². The molecule has 1 fully saturated rings. The molecule has 2 N–H and O–H groups in total. The first kappa shape index (κ1) is 17.2. The fraction of sp³-hybridized carbons (Fsp3) is 0.524. The lowest BCUT2D eigenvalue weighted by Crippen LogP contribution is -2.32. The number of nitrogens with one attached hydrogen (secondary N) is 1. The van der Waals surface area contributed by atoms with Gasteiger partial charge in [-0.1, -0.05) is 36.4 Å². The van der Waals surface area contributed by atoms with Crippen LogP contribution in [0.25, 0.3) is 6.08 Å². The van der Waals surface area contributed by atoms with Gasteiger partial charge in [0.15, 0.2) is 0 Å². The maximum absolute atomic E-state index is 8.91. The number of aliphatic hydroxyl groups excluding tert-OH is 1. The second-order valence-electron chi connectivity index (χ2n) is 7.25. The van der Waals surface area contributed by atoms with Crippen LogP contribution in [-0.2, 0) is 0 Å². The fourth-order valence-corrected chi connectivity index (χ4v) is 3.60. The standard InChI is InChI=1S/C21H29NO2/c1-14(2)5-7-18-15(3)6-8-19-20-12-16(20)11-17(24-21(18)19)13-22-9-4-10-23/h5-8,16-17,20,22-23H,1,4,9-13H2,2-3H3/b7-5-/t16?,17-,20?/m1/s1. The van der Waals surface area contributed by atoms with Crippen LogP contribution in [0.3, 0.4) is 0 Å². The fourth-order valence-electron chi connectivity index (χ4n) is 3.60. The van der Waals surface area contributed by atoms with Gasteiger partial charge in [-0.05, 0) is 62.6 Å². The molecular formula is C21H29NO2. The highest BCUT2D eigenvalue weighted by Gasteiger charge is 2.44. The number of hydrogen-bond acceptors (Lipinski definition) is 3. The van der Waals surface area contributed by atoms with E-state index >= 15 is 0 Å². The number of rotatable bonds is 7. The summed E-state index contributed by atoms with van der Waals surface area (Å²) in [5.74, 6) is 2.50. The zero-order chi connectivity index (χ0) is 17.1. The van der Waals surface area contributed by atoms with E-state index in [1.165, 1.54) is 23.1 Å². The lowest BCUT2D eigenvalue weighted by Gasteiger charge is -2.22. The number of ether oxygens (including phenoxy) is 1. The quantitative estimate of drug-likeness (QED) is 0.591. The SMILES string of the molecule is C=C(C)/C=C\c1c(C)ccc2c1O[C@@H](CNCCCO)CC1CC21. The molecule has 3 rings (SSSR count). The molecule has 3 nitrogen and oxygen atoms in total. The first-order chi connectivity index (χ1) is 11.6. The highest BCUT2D eigenvalue weighted by Crippen LogP contribution is 2.56. The second-order valence-corrected chi connectivity index (χ2v) is 7.25. The molecule has 0 amide bonds. The monoisotopic (exact) mass is 327 g/mol. The van der Waals surface area contributed by atoms with Crippen molar-refractivity contribution in [2.24, 2.45) is 5.92 Å². The van der Waals surface area contributed by atoms with Gasteiger partial charge in [-0.2, -0.15) is 0 Å². The summed E-state index contributed by atoms with van der Waals surface area (Å²) in [6, 6.07) is 4.48. The predicted octanol–water partition coefficient (Wildman–Crippen LogP) is 3.81. The van der Waals surface area contributed by atoms with Gasteiger partial charge in [0, 0.05) is 18.7 Å². The summed E-state index contributed by atoms with van der Waals surface area (Å²) in [5, 5.41) is 12.3. The number of allylic oxidation sites excluding steroid dienone is 2. The minimum atomic E-state index is 0.207. The van der Waals surface area contributed by atoms with Crippen LogP contribution in [0.15, 0.2) is 30.4 Å². The highest BCUT2D eigenvalue weighted by molar-refractivity contribution is 5.66. The van der Waals surface area contributed by atoms with Gasteiger partial charge in [0.1, 0.15) is 11.9 Å². The summed E-state index contributed by atoms with van der Waals surface area (Å²) in [6.45, 7) is 10.1. The Hall–Kier alpha value is -1.58. The van der Waals surface area contributed by atoms with Crippen molar-refractivity contribution in [2.75, 3.05) is 19.7 Å². The first-order valence-corrected chi connectivity index (χ1v) is 9.05. The van der Waals surface area contributed by atoms with Crippen molar-refractivity contribution < 1.29 is 9.84 Å². The zero-order valence-corrected chi connectivity index (χ0v) is 14.8.